The van der Waals surface area contributed by atoms with Gasteiger partial charge in [0.2, 0.25) is 0 Å². The maximum Gasteiger partial charge on any atom is 0.344 e. The topological polar surface area (TPSA) is 26.3 Å². The highest BCUT2D eigenvalue weighted by Gasteiger charge is 2.12. The van der Waals surface area contributed by atoms with Crippen LogP contribution in [-0.2, 0) is 9.53 Å². The molecule has 0 radical (unpaired) electrons. The molecular formula is C12H14O2S. The monoisotopic (exact) mass is 222 g/mol. The molecule has 0 amide bonds. The molecule has 3 heteroatoms. The van der Waals surface area contributed by atoms with E-state index in [9.17, 15) is 4.79 Å². The average molecular weight is 222 g/mol. The minimum Gasteiger partial charge on any atom is -0.465 e. The van der Waals surface area contributed by atoms with E-state index in [2.05, 4.69) is 0 Å². The standard InChI is InChI=1S/C12H14O2S/c1-9(2)11(12(13)14-3)15-10-7-5-4-6-8-10/h4-8H,1-3H3. The fraction of sp³-hybridized carbons (Fsp3) is 0.250. The number of allylic oxidation sites excluding steroid dienone is 1. The van der Waals surface area contributed by atoms with Crippen molar-refractivity contribution in [2.75, 3.05) is 7.11 Å². The van der Waals surface area contributed by atoms with Crippen LogP contribution in [0.2, 0.25) is 0 Å². The molecule has 1 rings (SSSR count). The van der Waals surface area contributed by atoms with Gasteiger partial charge in [-0.25, -0.2) is 4.79 Å². The van der Waals surface area contributed by atoms with Gasteiger partial charge in [0, 0.05) is 4.90 Å². The first kappa shape index (κ1) is 11.9. The van der Waals surface area contributed by atoms with E-state index in [1.165, 1.54) is 18.9 Å². The molecule has 0 saturated heterocycles. The van der Waals surface area contributed by atoms with E-state index in [0.29, 0.717) is 4.91 Å². The zero-order valence-electron chi connectivity index (χ0n) is 9.11. The molecule has 1 aromatic carbocycles. The molecule has 0 bridgehead atoms. The lowest BCUT2D eigenvalue weighted by Crippen LogP contribution is -2.03. The van der Waals surface area contributed by atoms with Crippen LogP contribution in [-0.4, -0.2) is 13.1 Å². The van der Waals surface area contributed by atoms with Gasteiger partial charge in [-0.1, -0.05) is 35.5 Å². The Kier molecular flexibility index (Phi) is 4.43. The fourth-order valence-corrected chi connectivity index (χ4v) is 1.95. The Balaban J connectivity index is 2.87. The van der Waals surface area contributed by atoms with E-state index in [1.807, 2.05) is 44.2 Å². The van der Waals surface area contributed by atoms with E-state index < -0.39 is 0 Å². The quantitative estimate of drug-likeness (QED) is 0.446. The van der Waals surface area contributed by atoms with Crippen molar-refractivity contribution in [1.29, 1.82) is 0 Å². The zero-order valence-corrected chi connectivity index (χ0v) is 9.93. The number of rotatable bonds is 3. The molecule has 0 spiro atoms. The molecule has 0 atom stereocenters. The Morgan fingerprint density at radius 1 is 1.20 bits per heavy atom. The molecule has 0 aliphatic carbocycles. The molecule has 0 aliphatic rings. The van der Waals surface area contributed by atoms with Gasteiger partial charge in [-0.15, -0.1) is 0 Å². The lowest BCUT2D eigenvalue weighted by atomic mass is 10.3. The van der Waals surface area contributed by atoms with Gasteiger partial charge < -0.3 is 4.74 Å². The number of benzene rings is 1. The van der Waals surface area contributed by atoms with Crippen molar-refractivity contribution >= 4 is 17.7 Å². The maximum atomic E-state index is 11.5. The number of carbonyl (C=O) groups is 1. The second kappa shape index (κ2) is 5.61. The van der Waals surface area contributed by atoms with Crippen LogP contribution in [0.1, 0.15) is 13.8 Å². The average Bonchev–Trinajstić information content (AvgIpc) is 2.26. The number of thioether (sulfide) groups is 1. The largest absolute Gasteiger partial charge is 0.465 e. The summed E-state index contributed by atoms with van der Waals surface area (Å²) < 4.78 is 4.73. The van der Waals surface area contributed by atoms with Gasteiger partial charge in [-0.2, -0.15) is 0 Å². The van der Waals surface area contributed by atoms with E-state index in [-0.39, 0.29) is 5.97 Å². The second-order valence-corrected chi connectivity index (χ2v) is 4.32. The van der Waals surface area contributed by atoms with E-state index in [4.69, 9.17) is 4.74 Å². The van der Waals surface area contributed by atoms with Crippen LogP contribution in [0, 0.1) is 0 Å². The third kappa shape index (κ3) is 3.44. The van der Waals surface area contributed by atoms with Crippen molar-refractivity contribution in [2.24, 2.45) is 0 Å². The van der Waals surface area contributed by atoms with Gasteiger partial charge in [0.1, 0.15) is 0 Å². The van der Waals surface area contributed by atoms with Gasteiger partial charge >= 0.3 is 5.97 Å². The van der Waals surface area contributed by atoms with Crippen LogP contribution < -0.4 is 0 Å². The third-order valence-corrected chi connectivity index (χ3v) is 3.07. The molecule has 0 aliphatic heterocycles. The fourth-order valence-electron chi connectivity index (χ4n) is 1.05. The van der Waals surface area contributed by atoms with Crippen molar-refractivity contribution in [3.63, 3.8) is 0 Å². The number of hydrogen-bond acceptors (Lipinski definition) is 3. The number of methoxy groups -OCH3 is 1. The molecule has 0 aromatic heterocycles. The van der Waals surface area contributed by atoms with E-state index in [1.54, 1.807) is 0 Å². The molecule has 15 heavy (non-hydrogen) atoms. The minimum absolute atomic E-state index is 0.274. The predicted molar refractivity (Wildman–Crippen MR) is 62.7 cm³/mol. The van der Waals surface area contributed by atoms with Crippen LogP contribution in [0.15, 0.2) is 45.7 Å². The van der Waals surface area contributed by atoms with E-state index >= 15 is 0 Å². The van der Waals surface area contributed by atoms with Crippen molar-refractivity contribution in [3.05, 3.63) is 40.8 Å². The predicted octanol–water partition coefficient (Wildman–Crippen LogP) is 3.25. The van der Waals surface area contributed by atoms with Crippen LogP contribution in [0.3, 0.4) is 0 Å². The molecule has 0 unspecified atom stereocenters. The number of hydrogen-bond donors (Lipinski definition) is 0. The van der Waals surface area contributed by atoms with Crippen molar-refractivity contribution in [1.82, 2.24) is 0 Å². The summed E-state index contributed by atoms with van der Waals surface area (Å²) in [5.74, 6) is -0.274. The smallest absolute Gasteiger partial charge is 0.344 e. The molecule has 0 N–H and O–H groups in total. The maximum absolute atomic E-state index is 11.5. The Morgan fingerprint density at radius 2 is 1.80 bits per heavy atom. The summed E-state index contributed by atoms with van der Waals surface area (Å²) in [5.41, 5.74) is 0.968. The van der Waals surface area contributed by atoms with Crippen LogP contribution in [0.25, 0.3) is 0 Å². The Morgan fingerprint density at radius 3 is 2.27 bits per heavy atom. The van der Waals surface area contributed by atoms with Gasteiger partial charge in [0.25, 0.3) is 0 Å². The summed E-state index contributed by atoms with van der Waals surface area (Å²) in [7, 11) is 1.40. The molecule has 2 nitrogen and oxygen atoms in total. The summed E-state index contributed by atoms with van der Waals surface area (Å²) in [6.45, 7) is 3.81. The normalized spacial score (nSPS) is 9.53. The minimum atomic E-state index is -0.274. The third-order valence-electron chi connectivity index (χ3n) is 1.79. The summed E-state index contributed by atoms with van der Waals surface area (Å²) >= 11 is 1.43. The highest BCUT2D eigenvalue weighted by Crippen LogP contribution is 2.29. The first-order valence-electron chi connectivity index (χ1n) is 4.64. The number of carbonyl (C=O) groups excluding carboxylic acids is 1. The Hall–Kier alpha value is -1.22. The van der Waals surface area contributed by atoms with Crippen molar-refractivity contribution in [3.8, 4) is 0 Å². The second-order valence-electron chi connectivity index (χ2n) is 3.24. The molecule has 0 fully saturated rings. The van der Waals surface area contributed by atoms with Gasteiger partial charge in [-0.3, -0.25) is 0 Å². The highest BCUT2D eigenvalue weighted by atomic mass is 32.2. The molecule has 1 aromatic rings. The molecular weight excluding hydrogens is 208 g/mol. The number of esters is 1. The van der Waals surface area contributed by atoms with Crippen LogP contribution >= 0.6 is 11.8 Å². The van der Waals surface area contributed by atoms with Gasteiger partial charge in [-0.05, 0) is 26.0 Å². The summed E-state index contributed by atoms with van der Waals surface area (Å²) in [6.07, 6.45) is 0. The number of ether oxygens (including phenoxy) is 1. The lowest BCUT2D eigenvalue weighted by molar-refractivity contribution is -0.135. The SMILES string of the molecule is COC(=O)C(Sc1ccccc1)=C(C)C. The van der Waals surface area contributed by atoms with Gasteiger partial charge in [0.15, 0.2) is 0 Å². The summed E-state index contributed by atoms with van der Waals surface area (Å²) in [4.78, 5) is 13.2. The molecule has 80 valence electrons. The summed E-state index contributed by atoms with van der Waals surface area (Å²) in [5, 5.41) is 0. The highest BCUT2D eigenvalue weighted by molar-refractivity contribution is 8.04. The van der Waals surface area contributed by atoms with Crippen LogP contribution in [0.4, 0.5) is 0 Å². The lowest BCUT2D eigenvalue weighted by Gasteiger charge is -2.06. The first-order valence-corrected chi connectivity index (χ1v) is 5.45. The van der Waals surface area contributed by atoms with Crippen molar-refractivity contribution < 1.29 is 9.53 Å². The first-order chi connectivity index (χ1) is 7.15. The molecule has 0 heterocycles. The Labute approximate surface area is 94.3 Å². The van der Waals surface area contributed by atoms with E-state index in [0.717, 1.165) is 10.5 Å². The van der Waals surface area contributed by atoms with Crippen molar-refractivity contribution in [2.45, 2.75) is 18.7 Å². The van der Waals surface area contributed by atoms with Crippen LogP contribution in [0.5, 0.6) is 0 Å². The van der Waals surface area contributed by atoms with Gasteiger partial charge in [0.05, 0.1) is 12.0 Å². The zero-order chi connectivity index (χ0) is 11.3. The molecule has 0 saturated carbocycles. The Bertz CT molecular complexity index is 364. The summed E-state index contributed by atoms with van der Waals surface area (Å²) in [6, 6.07) is 9.78.